The number of guanidine groups is 1. The lowest BCUT2D eigenvalue weighted by Crippen LogP contribution is -2.52. The van der Waals surface area contributed by atoms with E-state index in [0.29, 0.717) is 12.0 Å². The highest BCUT2D eigenvalue weighted by Crippen LogP contribution is 2.41. The predicted octanol–water partition coefficient (Wildman–Crippen LogP) is 6.75. The molecule has 3 aliphatic rings. The highest BCUT2D eigenvalue weighted by molar-refractivity contribution is 7.99. The smallest absolute Gasteiger partial charge is 0.226 e. The number of benzene rings is 2. The molecule has 1 aromatic heterocycles. The summed E-state index contributed by atoms with van der Waals surface area (Å²) in [6.45, 7) is 12.9. The van der Waals surface area contributed by atoms with Crippen molar-refractivity contribution in [2.75, 3.05) is 81.3 Å². The normalized spacial score (nSPS) is 18.6. The highest BCUT2D eigenvalue weighted by atomic mass is 32.2. The Kier molecular flexibility index (Phi) is 11.5. The molecule has 10 nitrogen and oxygen atoms in total. The largest absolute Gasteiger partial charge is 0.494 e. The second kappa shape index (κ2) is 16.2. The first-order valence-corrected chi connectivity index (χ1v) is 18.7. The van der Waals surface area contributed by atoms with E-state index >= 15 is 0 Å². The van der Waals surface area contributed by atoms with Crippen molar-refractivity contribution in [2.24, 2.45) is 9.98 Å². The SMILES string of the molecule is C=N/C(=N\C=C(\C1=CCCC1)c1ccc2nccnc2c1N(C)SC)Nc1cc(CC)c(N2CCC(N3CCN(C)CC3)CC2)cc1OC. The van der Waals surface area contributed by atoms with Crippen LogP contribution in [0.1, 0.15) is 50.2 Å². The van der Waals surface area contributed by atoms with E-state index in [9.17, 15) is 0 Å². The highest BCUT2D eigenvalue weighted by Gasteiger charge is 2.28. The molecular weight excluding hydrogens is 631 g/mol. The van der Waals surface area contributed by atoms with Crippen molar-refractivity contribution in [1.82, 2.24) is 19.8 Å². The van der Waals surface area contributed by atoms with Crippen molar-refractivity contribution >= 4 is 58.3 Å². The predicted molar refractivity (Wildman–Crippen MR) is 209 cm³/mol. The molecule has 2 aliphatic heterocycles. The second-order valence-corrected chi connectivity index (χ2v) is 14.0. The number of rotatable bonds is 10. The summed E-state index contributed by atoms with van der Waals surface area (Å²) >= 11 is 1.64. The quantitative estimate of drug-likeness (QED) is 0.142. The number of piperazine rings is 1. The number of aliphatic imine (C=N–C) groups is 2. The number of hydrogen-bond acceptors (Lipinski definition) is 9. The molecule has 1 N–H and O–H groups in total. The molecule has 2 saturated heterocycles. The van der Waals surface area contributed by atoms with E-state index in [0.717, 1.165) is 78.1 Å². The summed E-state index contributed by atoms with van der Waals surface area (Å²) < 4.78 is 8.11. The molecule has 260 valence electrons. The third-order valence-electron chi connectivity index (χ3n) is 10.2. The fourth-order valence-corrected chi connectivity index (χ4v) is 7.73. The van der Waals surface area contributed by atoms with Gasteiger partial charge in [-0.15, -0.1) is 0 Å². The zero-order valence-electron chi connectivity index (χ0n) is 29.8. The van der Waals surface area contributed by atoms with Crippen LogP contribution in [0.3, 0.4) is 0 Å². The van der Waals surface area contributed by atoms with E-state index in [1.165, 1.54) is 55.8 Å². The van der Waals surface area contributed by atoms with E-state index in [1.54, 1.807) is 31.5 Å². The van der Waals surface area contributed by atoms with Gasteiger partial charge in [-0.2, -0.15) is 0 Å². The number of allylic oxidation sites excluding steroid dienone is 3. The van der Waals surface area contributed by atoms with Crippen molar-refractivity contribution in [1.29, 1.82) is 0 Å². The van der Waals surface area contributed by atoms with Gasteiger partial charge in [0.15, 0.2) is 0 Å². The molecule has 11 heteroatoms. The van der Waals surface area contributed by atoms with Crippen molar-refractivity contribution in [3.63, 3.8) is 0 Å². The molecule has 0 spiro atoms. The Bertz CT molecular complexity index is 1720. The van der Waals surface area contributed by atoms with Crippen LogP contribution in [-0.2, 0) is 6.42 Å². The number of hydrogen-bond donors (Lipinski definition) is 1. The minimum atomic E-state index is 0.414. The Morgan fingerprint density at radius 3 is 2.57 bits per heavy atom. The molecule has 3 aromatic rings. The number of fused-ring (bicyclic) bond motifs is 1. The molecule has 2 aromatic carbocycles. The second-order valence-electron chi connectivity index (χ2n) is 13.1. The first kappa shape index (κ1) is 34.9. The first-order valence-electron chi connectivity index (χ1n) is 17.6. The number of anilines is 3. The molecule has 2 fully saturated rings. The van der Waals surface area contributed by atoms with E-state index in [2.05, 4.69) is 92.6 Å². The lowest BCUT2D eigenvalue weighted by molar-refractivity contribution is 0.0982. The number of piperidine rings is 1. The molecule has 6 rings (SSSR count). The van der Waals surface area contributed by atoms with Crippen molar-refractivity contribution in [3.8, 4) is 5.75 Å². The minimum absolute atomic E-state index is 0.414. The van der Waals surface area contributed by atoms with Gasteiger partial charge < -0.3 is 24.2 Å². The average Bonchev–Trinajstić information content (AvgIpc) is 3.69. The molecule has 1 aliphatic carbocycles. The molecule has 0 atom stereocenters. The van der Waals surface area contributed by atoms with Crippen LogP contribution in [0.4, 0.5) is 17.1 Å². The Morgan fingerprint density at radius 1 is 1.12 bits per heavy atom. The van der Waals surface area contributed by atoms with Crippen LogP contribution in [0.5, 0.6) is 5.75 Å². The monoisotopic (exact) mass is 681 g/mol. The summed E-state index contributed by atoms with van der Waals surface area (Å²) in [6, 6.07) is 9.23. The van der Waals surface area contributed by atoms with Gasteiger partial charge in [-0.25, -0.2) is 9.98 Å². The number of aryl methyl sites for hydroxylation is 1. The van der Waals surface area contributed by atoms with Crippen LogP contribution in [0, 0.1) is 0 Å². The molecule has 0 radical (unpaired) electrons. The van der Waals surface area contributed by atoms with Crippen LogP contribution in [0.15, 0.2) is 64.5 Å². The topological polar surface area (TPSA) is 84.7 Å². The summed E-state index contributed by atoms with van der Waals surface area (Å²) in [6.07, 6.45) is 16.3. The van der Waals surface area contributed by atoms with Crippen LogP contribution < -0.4 is 19.3 Å². The van der Waals surface area contributed by atoms with Gasteiger partial charge in [0.25, 0.3) is 0 Å². The Balaban J connectivity index is 1.28. The third kappa shape index (κ3) is 7.79. The van der Waals surface area contributed by atoms with Crippen LogP contribution >= 0.6 is 11.9 Å². The van der Waals surface area contributed by atoms with Crippen molar-refractivity contribution in [3.05, 3.63) is 65.6 Å². The molecule has 3 heterocycles. The number of nitrogens with zero attached hydrogens (tertiary/aromatic N) is 8. The zero-order valence-corrected chi connectivity index (χ0v) is 30.6. The van der Waals surface area contributed by atoms with E-state index in [1.807, 2.05) is 12.3 Å². The molecule has 49 heavy (non-hydrogen) atoms. The van der Waals surface area contributed by atoms with Crippen molar-refractivity contribution in [2.45, 2.75) is 51.5 Å². The van der Waals surface area contributed by atoms with E-state index in [-0.39, 0.29) is 0 Å². The summed E-state index contributed by atoms with van der Waals surface area (Å²) in [5.41, 5.74) is 9.51. The van der Waals surface area contributed by atoms with Gasteiger partial charge in [0.1, 0.15) is 11.3 Å². The molecule has 0 unspecified atom stereocenters. The molecule has 0 saturated carbocycles. The van der Waals surface area contributed by atoms with Gasteiger partial charge in [-0.05, 0) is 81.6 Å². The van der Waals surface area contributed by atoms with Crippen LogP contribution in [0.25, 0.3) is 16.6 Å². The summed E-state index contributed by atoms with van der Waals surface area (Å²) in [4.78, 5) is 26.2. The van der Waals surface area contributed by atoms with E-state index in [4.69, 9.17) is 14.7 Å². The maximum absolute atomic E-state index is 5.96. The average molecular weight is 682 g/mol. The summed E-state index contributed by atoms with van der Waals surface area (Å²) in [5, 5.41) is 3.45. The van der Waals surface area contributed by atoms with Gasteiger partial charge in [0.2, 0.25) is 5.96 Å². The van der Waals surface area contributed by atoms with E-state index < -0.39 is 0 Å². The van der Waals surface area contributed by atoms with Gasteiger partial charge in [-0.3, -0.25) is 14.9 Å². The molecular formula is C38H51N9OS. The number of nitrogens with one attached hydrogen (secondary N) is 1. The first-order chi connectivity index (χ1) is 23.9. The van der Waals surface area contributed by atoms with Gasteiger partial charge in [-0.1, -0.05) is 24.9 Å². The number of methoxy groups -OCH3 is 1. The van der Waals surface area contributed by atoms with Crippen molar-refractivity contribution < 1.29 is 4.74 Å². The number of aromatic nitrogens is 2. The Morgan fingerprint density at radius 2 is 1.90 bits per heavy atom. The lowest BCUT2D eigenvalue weighted by Gasteiger charge is -2.43. The maximum atomic E-state index is 5.96. The summed E-state index contributed by atoms with van der Waals surface area (Å²) in [7, 11) is 6.02. The minimum Gasteiger partial charge on any atom is -0.494 e. The third-order valence-corrected chi connectivity index (χ3v) is 11.0. The lowest BCUT2D eigenvalue weighted by atomic mass is 9.96. The van der Waals surface area contributed by atoms with Gasteiger partial charge in [0.05, 0.1) is 24.0 Å². The van der Waals surface area contributed by atoms with Gasteiger partial charge >= 0.3 is 0 Å². The Hall–Kier alpha value is -3.93. The number of likely N-dealkylation sites (N-methyl/N-ethyl adjacent to an activating group) is 1. The Labute approximate surface area is 296 Å². The molecule has 0 bridgehead atoms. The summed E-state index contributed by atoms with van der Waals surface area (Å²) in [5.74, 6) is 1.18. The zero-order chi connectivity index (χ0) is 34.3. The fourth-order valence-electron chi connectivity index (χ4n) is 7.37. The van der Waals surface area contributed by atoms with Crippen LogP contribution in [-0.4, -0.2) is 105 Å². The maximum Gasteiger partial charge on any atom is 0.226 e. The number of ether oxygens (including phenoxy) is 1. The van der Waals surface area contributed by atoms with Crippen LogP contribution in [0.2, 0.25) is 0 Å². The molecule has 0 amide bonds. The fraction of sp³-hybridized carbons (Fsp3) is 0.474. The standard InChI is InChI=1S/C38H51N9OS/c1-7-27-24-33(35(48-5)25-34(27)47-18-14-29(15-19-47)46-22-20-44(3)21-23-46)43-38(39-2)42-26-31(28-10-8-9-11-28)30-12-13-32-36(41-17-16-40-32)37(30)45(4)49-6/h10,12-13,16-17,24-26,29H,2,7-9,11,14-15,18-23H2,1,3-6H3,(H,42,43)/b31-26-. The van der Waals surface area contributed by atoms with Gasteiger partial charge in [0, 0.05) is 100 Å².